The van der Waals surface area contributed by atoms with Gasteiger partial charge in [0.05, 0.1) is 18.1 Å². The third kappa shape index (κ3) is 2.61. The van der Waals surface area contributed by atoms with Gasteiger partial charge in [-0.2, -0.15) is 0 Å². The van der Waals surface area contributed by atoms with Crippen molar-refractivity contribution in [2.75, 3.05) is 12.4 Å². The number of aromatic nitrogens is 3. The predicted octanol–water partition coefficient (Wildman–Crippen LogP) is 4.54. The maximum Gasteiger partial charge on any atom is 0.189 e. The maximum atomic E-state index is 5.25. The highest BCUT2D eigenvalue weighted by molar-refractivity contribution is 7.14. The van der Waals surface area contributed by atoms with E-state index in [1.165, 1.54) is 0 Å². The molecule has 0 amide bonds. The fourth-order valence-corrected chi connectivity index (χ4v) is 3.38. The van der Waals surface area contributed by atoms with E-state index in [0.29, 0.717) is 0 Å². The molecule has 24 heavy (non-hydrogen) atoms. The SMILES string of the molecule is COc1cccc(Nc2nc(-n3c(C)nc4ccccc43)cs2)c1. The fraction of sp³-hybridized carbons (Fsp3) is 0.111. The van der Waals surface area contributed by atoms with Crippen molar-refractivity contribution in [2.45, 2.75) is 6.92 Å². The van der Waals surface area contributed by atoms with Gasteiger partial charge in [0, 0.05) is 17.1 Å². The molecule has 0 saturated carbocycles. The van der Waals surface area contributed by atoms with Crippen LogP contribution in [0.15, 0.2) is 53.9 Å². The number of nitrogens with zero attached hydrogens (tertiary/aromatic N) is 3. The Balaban J connectivity index is 1.68. The zero-order chi connectivity index (χ0) is 16.5. The fourth-order valence-electron chi connectivity index (χ4n) is 2.69. The normalized spacial score (nSPS) is 10.9. The molecule has 0 atom stereocenters. The summed E-state index contributed by atoms with van der Waals surface area (Å²) in [7, 11) is 1.66. The molecule has 2 heterocycles. The van der Waals surface area contributed by atoms with E-state index in [4.69, 9.17) is 9.72 Å². The number of imidazole rings is 1. The van der Waals surface area contributed by atoms with Crippen molar-refractivity contribution in [1.82, 2.24) is 14.5 Å². The number of benzene rings is 2. The highest BCUT2D eigenvalue weighted by atomic mass is 32.1. The number of thiazole rings is 1. The summed E-state index contributed by atoms with van der Waals surface area (Å²) < 4.78 is 7.32. The third-order valence-corrected chi connectivity index (χ3v) is 4.52. The highest BCUT2D eigenvalue weighted by Crippen LogP contribution is 2.27. The Morgan fingerprint density at radius 2 is 1.96 bits per heavy atom. The van der Waals surface area contributed by atoms with Gasteiger partial charge in [0.1, 0.15) is 11.6 Å². The molecule has 0 spiro atoms. The summed E-state index contributed by atoms with van der Waals surface area (Å²) in [6.07, 6.45) is 0. The Kier molecular flexibility index (Phi) is 3.66. The van der Waals surface area contributed by atoms with Crippen molar-refractivity contribution in [3.63, 3.8) is 0 Å². The molecule has 0 unspecified atom stereocenters. The van der Waals surface area contributed by atoms with Crippen LogP contribution in [0.4, 0.5) is 10.8 Å². The average Bonchev–Trinajstić information content (AvgIpc) is 3.17. The Morgan fingerprint density at radius 3 is 2.83 bits per heavy atom. The monoisotopic (exact) mass is 336 g/mol. The molecule has 0 bridgehead atoms. The van der Waals surface area contributed by atoms with E-state index in [1.807, 2.05) is 54.8 Å². The van der Waals surface area contributed by atoms with E-state index in [1.54, 1.807) is 18.4 Å². The van der Waals surface area contributed by atoms with Gasteiger partial charge in [-0.15, -0.1) is 11.3 Å². The van der Waals surface area contributed by atoms with Crippen LogP contribution in [-0.2, 0) is 0 Å². The van der Waals surface area contributed by atoms with Crippen molar-refractivity contribution >= 4 is 33.2 Å². The number of anilines is 2. The van der Waals surface area contributed by atoms with Crippen LogP contribution in [0.25, 0.3) is 16.9 Å². The molecule has 0 saturated heterocycles. The van der Waals surface area contributed by atoms with Gasteiger partial charge in [-0.05, 0) is 31.2 Å². The summed E-state index contributed by atoms with van der Waals surface area (Å²) >= 11 is 1.56. The topological polar surface area (TPSA) is 52.0 Å². The number of ether oxygens (including phenoxy) is 1. The number of methoxy groups -OCH3 is 1. The summed E-state index contributed by atoms with van der Waals surface area (Å²) in [5.41, 5.74) is 2.99. The Hall–Kier alpha value is -2.86. The van der Waals surface area contributed by atoms with Crippen molar-refractivity contribution in [2.24, 2.45) is 0 Å². The number of fused-ring (bicyclic) bond motifs is 1. The Labute approximate surface area is 143 Å². The molecule has 4 aromatic rings. The lowest BCUT2D eigenvalue weighted by molar-refractivity contribution is 0.415. The molecule has 0 aliphatic rings. The summed E-state index contributed by atoms with van der Waals surface area (Å²) in [4.78, 5) is 9.30. The summed E-state index contributed by atoms with van der Waals surface area (Å²) in [6, 6.07) is 15.9. The van der Waals surface area contributed by atoms with Crippen molar-refractivity contribution in [3.05, 3.63) is 59.7 Å². The molecule has 2 aromatic heterocycles. The highest BCUT2D eigenvalue weighted by Gasteiger charge is 2.12. The second-order valence-electron chi connectivity index (χ2n) is 5.35. The van der Waals surface area contributed by atoms with Gasteiger partial charge in [-0.25, -0.2) is 9.97 Å². The third-order valence-electron chi connectivity index (χ3n) is 3.77. The molecular formula is C18H16N4OS. The van der Waals surface area contributed by atoms with Gasteiger partial charge in [0.15, 0.2) is 10.9 Å². The van der Waals surface area contributed by atoms with E-state index in [-0.39, 0.29) is 0 Å². The Bertz CT molecular complexity index is 1010. The van der Waals surface area contributed by atoms with E-state index < -0.39 is 0 Å². The van der Waals surface area contributed by atoms with E-state index in [2.05, 4.69) is 20.9 Å². The number of rotatable bonds is 4. The molecule has 0 aliphatic heterocycles. The second kappa shape index (κ2) is 5.98. The zero-order valence-electron chi connectivity index (χ0n) is 13.4. The van der Waals surface area contributed by atoms with Crippen LogP contribution < -0.4 is 10.1 Å². The van der Waals surface area contributed by atoms with Gasteiger partial charge in [0.25, 0.3) is 0 Å². The summed E-state index contributed by atoms with van der Waals surface area (Å²) in [5.74, 6) is 2.61. The van der Waals surface area contributed by atoms with Gasteiger partial charge < -0.3 is 10.1 Å². The second-order valence-corrected chi connectivity index (χ2v) is 6.21. The quantitative estimate of drug-likeness (QED) is 0.594. The van der Waals surface area contributed by atoms with Crippen LogP contribution in [0.2, 0.25) is 0 Å². The first-order valence-corrected chi connectivity index (χ1v) is 8.43. The van der Waals surface area contributed by atoms with Crippen LogP contribution >= 0.6 is 11.3 Å². The van der Waals surface area contributed by atoms with Crippen LogP contribution in [0, 0.1) is 6.92 Å². The van der Waals surface area contributed by atoms with Gasteiger partial charge in [0.2, 0.25) is 0 Å². The maximum absolute atomic E-state index is 5.25. The average molecular weight is 336 g/mol. The summed E-state index contributed by atoms with van der Waals surface area (Å²) in [6.45, 7) is 1.99. The first-order chi connectivity index (χ1) is 11.7. The minimum Gasteiger partial charge on any atom is -0.497 e. The largest absolute Gasteiger partial charge is 0.497 e. The molecule has 0 fully saturated rings. The van der Waals surface area contributed by atoms with Crippen LogP contribution in [0.3, 0.4) is 0 Å². The molecule has 5 nitrogen and oxygen atoms in total. The number of para-hydroxylation sites is 2. The van der Waals surface area contributed by atoms with Crippen LogP contribution in [0.5, 0.6) is 5.75 Å². The van der Waals surface area contributed by atoms with Gasteiger partial charge in [-0.3, -0.25) is 4.57 Å². The molecule has 120 valence electrons. The lowest BCUT2D eigenvalue weighted by Crippen LogP contribution is -1.98. The zero-order valence-corrected chi connectivity index (χ0v) is 14.2. The van der Waals surface area contributed by atoms with Crippen molar-refractivity contribution in [3.8, 4) is 11.6 Å². The molecule has 0 radical (unpaired) electrons. The number of hydrogen-bond donors (Lipinski definition) is 1. The molecule has 2 aromatic carbocycles. The smallest absolute Gasteiger partial charge is 0.189 e. The van der Waals surface area contributed by atoms with Gasteiger partial charge >= 0.3 is 0 Å². The molecule has 1 N–H and O–H groups in total. The standard InChI is InChI=1S/C18H16N4OS/c1-12-19-15-8-3-4-9-16(15)22(12)17-11-24-18(21-17)20-13-6-5-7-14(10-13)23-2/h3-11H,1-2H3,(H,20,21). The minimum absolute atomic E-state index is 0.813. The number of nitrogens with one attached hydrogen (secondary N) is 1. The van der Waals surface area contributed by atoms with E-state index in [9.17, 15) is 0 Å². The molecule has 0 aliphatic carbocycles. The Morgan fingerprint density at radius 1 is 1.08 bits per heavy atom. The molecule has 4 rings (SSSR count). The number of aryl methyl sites for hydroxylation is 1. The minimum atomic E-state index is 0.813. The first-order valence-electron chi connectivity index (χ1n) is 7.55. The lowest BCUT2D eigenvalue weighted by atomic mass is 10.3. The first kappa shape index (κ1) is 14.7. The predicted molar refractivity (Wildman–Crippen MR) is 97.8 cm³/mol. The van der Waals surface area contributed by atoms with E-state index in [0.717, 1.165) is 39.2 Å². The molecule has 6 heteroatoms. The van der Waals surface area contributed by atoms with Crippen LogP contribution in [0.1, 0.15) is 5.82 Å². The lowest BCUT2D eigenvalue weighted by Gasteiger charge is -2.05. The van der Waals surface area contributed by atoms with Crippen molar-refractivity contribution in [1.29, 1.82) is 0 Å². The van der Waals surface area contributed by atoms with Crippen LogP contribution in [-0.4, -0.2) is 21.6 Å². The van der Waals surface area contributed by atoms with Gasteiger partial charge in [-0.1, -0.05) is 18.2 Å². The van der Waals surface area contributed by atoms with Crippen molar-refractivity contribution < 1.29 is 4.74 Å². The molecular weight excluding hydrogens is 320 g/mol. The summed E-state index contributed by atoms with van der Waals surface area (Å²) in [5, 5.41) is 6.18. The van der Waals surface area contributed by atoms with E-state index >= 15 is 0 Å². The number of hydrogen-bond acceptors (Lipinski definition) is 5.